The molecule has 0 atom stereocenters. The minimum absolute atomic E-state index is 0.261. The molecule has 0 unspecified atom stereocenters. The van der Waals surface area contributed by atoms with Gasteiger partial charge in [-0.15, -0.1) is 0 Å². The molecule has 2 heterocycles. The molecule has 0 aliphatic heterocycles. The molecule has 0 saturated carbocycles. The number of aromatic nitrogens is 2. The first-order chi connectivity index (χ1) is 19.5. The molecule has 0 radical (unpaired) electrons. The third kappa shape index (κ3) is 4.99. The lowest BCUT2D eigenvalue weighted by Crippen LogP contribution is -2.20. The molecular formula is C31H21BrFN3O4. The van der Waals surface area contributed by atoms with Gasteiger partial charge in [0.05, 0.1) is 34.1 Å². The van der Waals surface area contributed by atoms with Gasteiger partial charge >= 0.3 is 0 Å². The van der Waals surface area contributed by atoms with Crippen LogP contribution in [0.5, 0.6) is 11.5 Å². The largest absolute Gasteiger partial charge is 0.496 e. The van der Waals surface area contributed by atoms with Crippen molar-refractivity contribution in [2.24, 2.45) is 5.10 Å². The molecule has 0 aliphatic rings. The predicted octanol–water partition coefficient (Wildman–Crippen LogP) is 7.18. The highest BCUT2D eigenvalue weighted by molar-refractivity contribution is 9.10. The molecule has 2 aromatic heterocycles. The summed E-state index contributed by atoms with van der Waals surface area (Å²) in [6.45, 7) is 0.288. The molecule has 198 valence electrons. The topological polar surface area (TPSA) is 78.9 Å². The summed E-state index contributed by atoms with van der Waals surface area (Å²) in [5, 5.41) is 5.71. The monoisotopic (exact) mass is 597 g/mol. The summed E-state index contributed by atoms with van der Waals surface area (Å²) in [6, 6.07) is 26.0. The molecule has 0 N–H and O–H groups in total. The number of halogens is 2. The number of para-hydroxylation sites is 1. The molecule has 40 heavy (non-hydrogen) atoms. The van der Waals surface area contributed by atoms with Crippen molar-refractivity contribution in [1.29, 1.82) is 0 Å². The number of ether oxygens (including phenoxy) is 2. The number of hydrogen-bond acceptors (Lipinski definition) is 6. The van der Waals surface area contributed by atoms with Crippen molar-refractivity contribution in [3.8, 4) is 23.1 Å². The van der Waals surface area contributed by atoms with E-state index in [0.717, 1.165) is 16.5 Å². The highest BCUT2D eigenvalue weighted by Crippen LogP contribution is 2.33. The van der Waals surface area contributed by atoms with Gasteiger partial charge in [0.15, 0.2) is 5.76 Å². The van der Waals surface area contributed by atoms with Crippen molar-refractivity contribution in [2.75, 3.05) is 7.11 Å². The van der Waals surface area contributed by atoms with Gasteiger partial charge in [-0.1, -0.05) is 30.3 Å². The lowest BCUT2D eigenvalue weighted by atomic mass is 10.2. The molecule has 7 nitrogen and oxygen atoms in total. The van der Waals surface area contributed by atoms with Gasteiger partial charge in [-0.3, -0.25) is 4.79 Å². The first-order valence-corrected chi connectivity index (χ1v) is 13.1. The van der Waals surface area contributed by atoms with Gasteiger partial charge in [0.25, 0.3) is 5.56 Å². The van der Waals surface area contributed by atoms with E-state index >= 15 is 0 Å². The summed E-state index contributed by atoms with van der Waals surface area (Å²) < 4.78 is 32.5. The van der Waals surface area contributed by atoms with E-state index in [9.17, 15) is 9.18 Å². The Bertz CT molecular complexity index is 1950. The fourth-order valence-corrected chi connectivity index (χ4v) is 4.80. The Balaban J connectivity index is 1.36. The SMILES string of the molecule is COc1cccc2oc(-c3nc4ccccc4c(=O)n3N=Cc3ccc(OCc4ccc(F)cc4)c(Br)c3)cc12. The standard InChI is InChI=1S/C31H21BrFN3O4/c1-38-26-7-4-8-27-23(26)16-29(40-27)30-35-25-6-3-2-5-22(25)31(37)36(30)34-17-20-11-14-28(24(32)15-20)39-18-19-9-12-21(33)13-10-19/h2-17H,18H2,1H3. The number of benzene rings is 4. The second kappa shape index (κ2) is 10.8. The molecular weight excluding hydrogens is 577 g/mol. The second-order valence-corrected chi connectivity index (χ2v) is 9.76. The maximum absolute atomic E-state index is 13.5. The number of hydrogen-bond donors (Lipinski definition) is 0. The molecule has 0 aliphatic carbocycles. The zero-order chi connectivity index (χ0) is 27.6. The number of methoxy groups -OCH3 is 1. The maximum atomic E-state index is 13.5. The normalized spacial score (nSPS) is 11.5. The van der Waals surface area contributed by atoms with E-state index in [1.807, 2.05) is 36.4 Å². The van der Waals surface area contributed by atoms with Gasteiger partial charge in [0.2, 0.25) is 5.82 Å². The van der Waals surface area contributed by atoms with Crippen molar-refractivity contribution < 1.29 is 18.3 Å². The number of nitrogens with zero attached hydrogens (tertiary/aromatic N) is 3. The summed E-state index contributed by atoms with van der Waals surface area (Å²) in [5.74, 6) is 1.61. The van der Waals surface area contributed by atoms with Gasteiger partial charge in [-0.2, -0.15) is 9.78 Å². The predicted molar refractivity (Wildman–Crippen MR) is 156 cm³/mol. The zero-order valence-corrected chi connectivity index (χ0v) is 22.8. The first kappa shape index (κ1) is 25.5. The number of rotatable bonds is 7. The van der Waals surface area contributed by atoms with E-state index in [2.05, 4.69) is 21.0 Å². The lowest BCUT2D eigenvalue weighted by Gasteiger charge is -2.09. The quantitative estimate of drug-likeness (QED) is 0.182. The molecule has 0 spiro atoms. The van der Waals surface area contributed by atoms with Gasteiger partial charge in [0, 0.05) is 0 Å². The van der Waals surface area contributed by atoms with Gasteiger partial charge in [-0.25, -0.2) is 9.37 Å². The van der Waals surface area contributed by atoms with Crippen LogP contribution in [0.15, 0.2) is 110 Å². The zero-order valence-electron chi connectivity index (χ0n) is 21.2. The molecule has 0 amide bonds. The molecule has 6 rings (SSSR count). The van der Waals surface area contributed by atoms with E-state index in [1.165, 1.54) is 16.8 Å². The fraction of sp³-hybridized carbons (Fsp3) is 0.0645. The fourth-order valence-electron chi connectivity index (χ4n) is 4.29. The highest BCUT2D eigenvalue weighted by Gasteiger charge is 2.18. The van der Waals surface area contributed by atoms with E-state index in [4.69, 9.17) is 18.9 Å². The summed E-state index contributed by atoms with van der Waals surface area (Å²) in [5.41, 5.74) is 2.37. The average Bonchev–Trinajstić information content (AvgIpc) is 3.41. The van der Waals surface area contributed by atoms with E-state index < -0.39 is 0 Å². The third-order valence-corrected chi connectivity index (χ3v) is 6.92. The second-order valence-electron chi connectivity index (χ2n) is 8.90. The van der Waals surface area contributed by atoms with Crippen molar-refractivity contribution in [1.82, 2.24) is 9.66 Å². The Kier molecular flexibility index (Phi) is 6.88. The Hall–Kier alpha value is -4.76. The van der Waals surface area contributed by atoms with Crippen LogP contribution in [0.1, 0.15) is 11.1 Å². The number of fused-ring (bicyclic) bond motifs is 2. The summed E-state index contributed by atoms with van der Waals surface area (Å²) in [4.78, 5) is 18.3. The van der Waals surface area contributed by atoms with Crippen molar-refractivity contribution in [3.63, 3.8) is 0 Å². The van der Waals surface area contributed by atoms with Crippen LogP contribution in [0.3, 0.4) is 0 Å². The van der Waals surface area contributed by atoms with Crippen LogP contribution in [0.2, 0.25) is 0 Å². The Morgan fingerprint density at radius 1 is 0.975 bits per heavy atom. The van der Waals surface area contributed by atoms with E-state index in [1.54, 1.807) is 55.8 Å². The molecule has 6 aromatic rings. The van der Waals surface area contributed by atoms with Crippen LogP contribution in [-0.4, -0.2) is 23.0 Å². The van der Waals surface area contributed by atoms with Crippen LogP contribution < -0.4 is 15.0 Å². The molecule has 0 fully saturated rings. The average molecular weight is 598 g/mol. The van der Waals surface area contributed by atoms with Crippen LogP contribution in [0, 0.1) is 5.82 Å². The summed E-state index contributed by atoms with van der Waals surface area (Å²) in [6.07, 6.45) is 1.57. The summed E-state index contributed by atoms with van der Waals surface area (Å²) >= 11 is 3.54. The van der Waals surface area contributed by atoms with Crippen molar-refractivity contribution >= 4 is 44.0 Å². The highest BCUT2D eigenvalue weighted by atomic mass is 79.9. The smallest absolute Gasteiger partial charge is 0.282 e. The maximum Gasteiger partial charge on any atom is 0.282 e. The Labute approximate surface area is 236 Å². The molecule has 4 aromatic carbocycles. The molecule has 0 bridgehead atoms. The van der Waals surface area contributed by atoms with Crippen LogP contribution >= 0.6 is 15.9 Å². The lowest BCUT2D eigenvalue weighted by molar-refractivity contribution is 0.304. The van der Waals surface area contributed by atoms with Crippen molar-refractivity contribution in [3.05, 3.63) is 123 Å². The number of furan rings is 1. The van der Waals surface area contributed by atoms with Gasteiger partial charge in [0.1, 0.15) is 29.5 Å². The Morgan fingerprint density at radius 2 is 1.80 bits per heavy atom. The Morgan fingerprint density at radius 3 is 2.60 bits per heavy atom. The third-order valence-electron chi connectivity index (χ3n) is 6.30. The van der Waals surface area contributed by atoms with Crippen LogP contribution in [0.25, 0.3) is 33.5 Å². The van der Waals surface area contributed by atoms with Crippen LogP contribution in [-0.2, 0) is 6.61 Å². The molecule has 0 saturated heterocycles. The minimum Gasteiger partial charge on any atom is -0.496 e. The van der Waals surface area contributed by atoms with Gasteiger partial charge < -0.3 is 13.9 Å². The van der Waals surface area contributed by atoms with E-state index in [-0.39, 0.29) is 23.8 Å². The van der Waals surface area contributed by atoms with Gasteiger partial charge in [-0.05, 0) is 87.7 Å². The van der Waals surface area contributed by atoms with Crippen molar-refractivity contribution in [2.45, 2.75) is 6.61 Å². The van der Waals surface area contributed by atoms with E-state index in [0.29, 0.717) is 38.2 Å². The first-order valence-electron chi connectivity index (χ1n) is 12.3. The minimum atomic E-state index is -0.331. The summed E-state index contributed by atoms with van der Waals surface area (Å²) in [7, 11) is 1.59. The molecule has 9 heteroatoms. The van der Waals surface area contributed by atoms with Crippen LogP contribution in [0.4, 0.5) is 4.39 Å².